The predicted molar refractivity (Wildman–Crippen MR) is 83.9 cm³/mol. The van der Waals surface area contributed by atoms with Crippen LogP contribution in [-0.4, -0.2) is 0 Å². The first-order chi connectivity index (χ1) is 9.06. The maximum Gasteiger partial charge on any atom is 0.0838 e. The number of halogens is 1. The lowest BCUT2D eigenvalue weighted by Gasteiger charge is -2.28. The molecule has 0 N–H and O–H groups in total. The van der Waals surface area contributed by atoms with E-state index in [9.17, 15) is 0 Å². The summed E-state index contributed by atoms with van der Waals surface area (Å²) < 4.78 is 0. The lowest BCUT2D eigenvalue weighted by molar-refractivity contribution is 0.501. The largest absolute Gasteiger partial charge is 0.113 e. The molecule has 0 saturated heterocycles. The van der Waals surface area contributed by atoms with Crippen LogP contribution in [0.25, 0.3) is 0 Å². The number of hydrogen-bond donors (Lipinski definition) is 0. The summed E-state index contributed by atoms with van der Waals surface area (Å²) in [4.78, 5) is 0. The number of hydrogen-bond acceptors (Lipinski definition) is 0. The van der Waals surface area contributed by atoms with E-state index in [1.54, 1.807) is 0 Å². The van der Waals surface area contributed by atoms with Crippen molar-refractivity contribution in [3.63, 3.8) is 0 Å². The molecule has 0 fully saturated rings. The molecule has 0 aliphatic carbocycles. The van der Waals surface area contributed by atoms with Crippen molar-refractivity contribution in [3.05, 3.63) is 71.3 Å². The molecule has 1 heteroatoms. The molecule has 0 aromatic heterocycles. The molecule has 1 atom stereocenters. The van der Waals surface area contributed by atoms with Crippen LogP contribution < -0.4 is 0 Å². The van der Waals surface area contributed by atoms with Gasteiger partial charge in [-0.2, -0.15) is 0 Å². The summed E-state index contributed by atoms with van der Waals surface area (Å²) in [6.45, 7) is 6.78. The quantitative estimate of drug-likeness (QED) is 0.626. The van der Waals surface area contributed by atoms with Crippen molar-refractivity contribution in [2.75, 3.05) is 0 Å². The van der Waals surface area contributed by atoms with Crippen LogP contribution in [-0.2, 0) is 5.41 Å². The summed E-state index contributed by atoms with van der Waals surface area (Å²) in [5.41, 5.74) is 3.88. The van der Waals surface area contributed by atoms with E-state index in [0.29, 0.717) is 0 Å². The summed E-state index contributed by atoms with van der Waals surface area (Å²) in [6, 6.07) is 18.8. The Morgan fingerprint density at radius 1 is 0.947 bits per heavy atom. The summed E-state index contributed by atoms with van der Waals surface area (Å²) in [6.07, 6.45) is 1.10. The van der Waals surface area contributed by atoms with Gasteiger partial charge in [0.25, 0.3) is 0 Å². The van der Waals surface area contributed by atoms with E-state index in [2.05, 4.69) is 57.2 Å². The van der Waals surface area contributed by atoms with E-state index < -0.39 is 0 Å². The molecule has 0 heterocycles. The van der Waals surface area contributed by atoms with E-state index in [0.717, 1.165) is 12.0 Å². The Hall–Kier alpha value is -1.27. The topological polar surface area (TPSA) is 0 Å². The Morgan fingerprint density at radius 2 is 1.53 bits per heavy atom. The van der Waals surface area contributed by atoms with Gasteiger partial charge in [0.05, 0.1) is 5.38 Å². The average molecular weight is 273 g/mol. The van der Waals surface area contributed by atoms with Gasteiger partial charge in [0, 0.05) is 0 Å². The molecule has 0 bridgehead atoms. The minimum Gasteiger partial charge on any atom is -0.113 e. The van der Waals surface area contributed by atoms with Crippen molar-refractivity contribution in [1.29, 1.82) is 0 Å². The fraction of sp³-hybridized carbons (Fsp3) is 0.333. The average Bonchev–Trinajstić information content (AvgIpc) is 2.47. The Labute approximate surface area is 121 Å². The Kier molecular flexibility index (Phi) is 4.31. The van der Waals surface area contributed by atoms with Gasteiger partial charge in [0.15, 0.2) is 0 Å². The Morgan fingerprint density at radius 3 is 2.16 bits per heavy atom. The highest BCUT2D eigenvalue weighted by atomic mass is 35.5. The molecule has 100 valence electrons. The zero-order valence-corrected chi connectivity index (χ0v) is 12.6. The van der Waals surface area contributed by atoms with Crippen LogP contribution in [0, 0.1) is 0 Å². The van der Waals surface area contributed by atoms with Gasteiger partial charge in [0.2, 0.25) is 0 Å². The molecule has 0 aliphatic rings. The van der Waals surface area contributed by atoms with Crippen LogP contribution in [0.3, 0.4) is 0 Å². The minimum atomic E-state index is -0.0803. The fourth-order valence-corrected chi connectivity index (χ4v) is 2.66. The SMILES string of the molecule is CCC(C)(C)c1ccccc1[C@@H](Cl)c1ccccc1. The molecular formula is C18H21Cl. The van der Waals surface area contributed by atoms with Crippen LogP contribution in [0.2, 0.25) is 0 Å². The van der Waals surface area contributed by atoms with Gasteiger partial charge in [-0.15, -0.1) is 11.6 Å². The molecule has 0 unspecified atom stereocenters. The van der Waals surface area contributed by atoms with Crippen molar-refractivity contribution < 1.29 is 0 Å². The highest BCUT2D eigenvalue weighted by Crippen LogP contribution is 2.37. The first kappa shape index (κ1) is 14.1. The highest BCUT2D eigenvalue weighted by molar-refractivity contribution is 6.22. The highest BCUT2D eigenvalue weighted by Gasteiger charge is 2.24. The maximum absolute atomic E-state index is 6.70. The van der Waals surface area contributed by atoms with Crippen LogP contribution in [0.5, 0.6) is 0 Å². The van der Waals surface area contributed by atoms with Gasteiger partial charge in [0.1, 0.15) is 0 Å². The minimum absolute atomic E-state index is 0.0803. The van der Waals surface area contributed by atoms with Gasteiger partial charge >= 0.3 is 0 Å². The lowest BCUT2D eigenvalue weighted by Crippen LogP contribution is -2.18. The lowest BCUT2D eigenvalue weighted by atomic mass is 9.78. The second kappa shape index (κ2) is 5.79. The van der Waals surface area contributed by atoms with E-state index in [4.69, 9.17) is 11.6 Å². The van der Waals surface area contributed by atoms with Gasteiger partial charge in [-0.05, 0) is 28.5 Å². The van der Waals surface area contributed by atoms with Crippen LogP contribution in [0.15, 0.2) is 54.6 Å². The summed E-state index contributed by atoms with van der Waals surface area (Å²) >= 11 is 6.70. The van der Waals surface area contributed by atoms with Crippen molar-refractivity contribution in [1.82, 2.24) is 0 Å². The zero-order chi connectivity index (χ0) is 13.9. The third kappa shape index (κ3) is 3.01. The van der Waals surface area contributed by atoms with Crippen molar-refractivity contribution in [2.45, 2.75) is 38.0 Å². The molecule has 0 spiro atoms. The van der Waals surface area contributed by atoms with Gasteiger partial charge in [-0.25, -0.2) is 0 Å². The summed E-state index contributed by atoms with van der Waals surface area (Å²) in [7, 11) is 0. The molecule has 2 aromatic rings. The van der Waals surface area contributed by atoms with Crippen molar-refractivity contribution in [3.8, 4) is 0 Å². The third-order valence-electron chi connectivity index (χ3n) is 3.94. The smallest absolute Gasteiger partial charge is 0.0838 e. The summed E-state index contributed by atoms with van der Waals surface area (Å²) in [5.74, 6) is 0. The van der Waals surface area contributed by atoms with Crippen LogP contribution in [0.1, 0.15) is 49.3 Å². The molecular weight excluding hydrogens is 252 g/mol. The first-order valence-corrected chi connectivity index (χ1v) is 7.28. The summed E-state index contributed by atoms with van der Waals surface area (Å²) in [5, 5.41) is -0.0803. The molecule has 0 aliphatic heterocycles. The zero-order valence-electron chi connectivity index (χ0n) is 11.9. The van der Waals surface area contributed by atoms with E-state index >= 15 is 0 Å². The molecule has 2 rings (SSSR count). The normalized spacial score (nSPS) is 13.3. The van der Waals surface area contributed by atoms with Gasteiger partial charge in [-0.1, -0.05) is 75.4 Å². The molecule has 2 aromatic carbocycles. The third-order valence-corrected chi connectivity index (χ3v) is 4.43. The van der Waals surface area contributed by atoms with Crippen LogP contribution >= 0.6 is 11.6 Å². The second-order valence-corrected chi connectivity index (χ2v) is 6.03. The first-order valence-electron chi connectivity index (χ1n) is 6.84. The van der Waals surface area contributed by atoms with E-state index in [1.165, 1.54) is 11.1 Å². The fourth-order valence-electron chi connectivity index (χ4n) is 2.33. The number of alkyl halides is 1. The van der Waals surface area contributed by atoms with Crippen LogP contribution in [0.4, 0.5) is 0 Å². The molecule has 0 radical (unpaired) electrons. The molecule has 0 saturated carbocycles. The van der Waals surface area contributed by atoms with Crippen molar-refractivity contribution in [2.24, 2.45) is 0 Å². The van der Waals surface area contributed by atoms with Gasteiger partial charge in [-0.3, -0.25) is 0 Å². The predicted octanol–water partition coefficient (Wildman–Crippen LogP) is 5.70. The molecule has 0 nitrogen and oxygen atoms in total. The second-order valence-electron chi connectivity index (χ2n) is 5.60. The number of benzene rings is 2. The monoisotopic (exact) mass is 272 g/mol. The van der Waals surface area contributed by atoms with E-state index in [-0.39, 0.29) is 10.8 Å². The Bertz CT molecular complexity index is 528. The van der Waals surface area contributed by atoms with E-state index in [1.807, 2.05) is 18.2 Å². The number of rotatable bonds is 4. The molecule has 19 heavy (non-hydrogen) atoms. The molecule has 0 amide bonds. The van der Waals surface area contributed by atoms with Crippen molar-refractivity contribution >= 4 is 11.6 Å². The standard InChI is InChI=1S/C18H21Cl/c1-4-18(2,3)16-13-9-8-12-15(16)17(19)14-10-6-5-7-11-14/h5-13,17H,4H2,1-3H3/t17-/m0/s1. The maximum atomic E-state index is 6.70. The Balaban J connectivity index is 2.46. The van der Waals surface area contributed by atoms with Gasteiger partial charge < -0.3 is 0 Å².